The van der Waals surface area contributed by atoms with Crippen LogP contribution < -0.4 is 0 Å². The van der Waals surface area contributed by atoms with Crippen molar-refractivity contribution >= 4 is 17.7 Å². The molecule has 0 N–H and O–H groups in total. The van der Waals surface area contributed by atoms with E-state index in [1.807, 2.05) is 18.2 Å². The second kappa shape index (κ2) is 9.74. The molecule has 0 saturated heterocycles. The van der Waals surface area contributed by atoms with Crippen LogP contribution in [0.3, 0.4) is 0 Å². The van der Waals surface area contributed by atoms with Gasteiger partial charge >= 0.3 is 0 Å². The number of hydrogen-bond donors (Lipinski definition) is 0. The average molecular weight is 326 g/mol. The van der Waals surface area contributed by atoms with Gasteiger partial charge in [-0.3, -0.25) is 0 Å². The van der Waals surface area contributed by atoms with Gasteiger partial charge in [-0.15, -0.1) is 0 Å². The van der Waals surface area contributed by atoms with Crippen LogP contribution in [0.1, 0.15) is 53.4 Å². The van der Waals surface area contributed by atoms with E-state index in [1.54, 1.807) is 11.4 Å². The molecule has 0 radical (unpaired) electrons. The van der Waals surface area contributed by atoms with E-state index in [0.29, 0.717) is 11.8 Å². The van der Waals surface area contributed by atoms with Gasteiger partial charge in [-0.25, -0.2) is 0 Å². The average Bonchev–Trinajstić information content (AvgIpc) is 2.39. The van der Waals surface area contributed by atoms with Gasteiger partial charge in [0.05, 0.1) is 0 Å². The fourth-order valence-electron chi connectivity index (χ4n) is 2.94. The fourth-order valence-corrected chi connectivity index (χ4v) is 9.66. The summed E-state index contributed by atoms with van der Waals surface area (Å²) < 4.78 is 13.5. The SMILES string of the molecule is CCCC(C)CP(=O)(CC(C)CCC)Sc1ccccc1. The van der Waals surface area contributed by atoms with Crippen molar-refractivity contribution in [3.05, 3.63) is 30.3 Å². The minimum atomic E-state index is -2.20. The topological polar surface area (TPSA) is 17.1 Å². The zero-order valence-corrected chi connectivity index (χ0v) is 15.8. The zero-order valence-electron chi connectivity index (χ0n) is 14.0. The summed E-state index contributed by atoms with van der Waals surface area (Å²) >= 11 is 1.65. The van der Waals surface area contributed by atoms with Crippen LogP contribution in [0.2, 0.25) is 0 Å². The Morgan fingerprint density at radius 2 is 1.43 bits per heavy atom. The molecule has 0 spiro atoms. The third kappa shape index (κ3) is 7.56. The van der Waals surface area contributed by atoms with E-state index in [9.17, 15) is 4.57 Å². The summed E-state index contributed by atoms with van der Waals surface area (Å²) in [5.74, 6) is 1.12. The van der Waals surface area contributed by atoms with E-state index in [-0.39, 0.29) is 0 Å². The molecule has 0 saturated carbocycles. The molecule has 0 fully saturated rings. The third-order valence-corrected chi connectivity index (χ3v) is 9.46. The van der Waals surface area contributed by atoms with Crippen molar-refractivity contribution in [2.45, 2.75) is 58.3 Å². The lowest BCUT2D eigenvalue weighted by molar-refractivity contribution is 0.527. The molecule has 0 aliphatic heterocycles. The lowest BCUT2D eigenvalue weighted by Gasteiger charge is -2.24. The Morgan fingerprint density at radius 3 is 1.86 bits per heavy atom. The highest BCUT2D eigenvalue weighted by molar-refractivity contribution is 8.58. The molecular formula is C18H31OPS. The van der Waals surface area contributed by atoms with Gasteiger partial charge < -0.3 is 4.57 Å². The first-order chi connectivity index (χ1) is 9.99. The van der Waals surface area contributed by atoms with Crippen LogP contribution in [-0.2, 0) is 4.57 Å². The van der Waals surface area contributed by atoms with Crippen molar-refractivity contribution < 1.29 is 4.57 Å². The third-order valence-electron chi connectivity index (χ3n) is 3.76. The van der Waals surface area contributed by atoms with Crippen molar-refractivity contribution in [2.75, 3.05) is 12.3 Å². The molecule has 3 heteroatoms. The van der Waals surface area contributed by atoms with Gasteiger partial charge in [0.25, 0.3) is 0 Å². The van der Waals surface area contributed by atoms with E-state index in [2.05, 4.69) is 39.8 Å². The van der Waals surface area contributed by atoms with E-state index in [4.69, 9.17) is 0 Å². The Labute approximate surface area is 135 Å². The summed E-state index contributed by atoms with van der Waals surface area (Å²) in [5, 5.41) is 0. The van der Waals surface area contributed by atoms with Crippen molar-refractivity contribution in [2.24, 2.45) is 11.8 Å². The Bertz CT molecular complexity index is 414. The zero-order chi connectivity index (χ0) is 15.7. The highest BCUT2D eigenvalue weighted by Crippen LogP contribution is 2.64. The van der Waals surface area contributed by atoms with Crippen LogP contribution in [-0.4, -0.2) is 12.3 Å². The summed E-state index contributed by atoms with van der Waals surface area (Å²) in [5.41, 5.74) is 0. The monoisotopic (exact) mass is 326 g/mol. The number of benzene rings is 1. The van der Waals surface area contributed by atoms with Gasteiger partial charge in [0.2, 0.25) is 0 Å². The first-order valence-electron chi connectivity index (χ1n) is 8.31. The van der Waals surface area contributed by atoms with Gasteiger partial charge in [0.15, 0.2) is 0 Å². The molecule has 0 aliphatic carbocycles. The maximum absolute atomic E-state index is 13.5. The van der Waals surface area contributed by atoms with Crippen molar-refractivity contribution in [1.29, 1.82) is 0 Å². The smallest absolute Gasteiger partial charge is 0.144 e. The van der Waals surface area contributed by atoms with Gasteiger partial charge in [-0.05, 0) is 24.0 Å². The minimum Gasteiger partial charge on any atom is -0.312 e. The van der Waals surface area contributed by atoms with Crippen molar-refractivity contribution in [1.82, 2.24) is 0 Å². The molecule has 120 valence electrons. The van der Waals surface area contributed by atoms with E-state index < -0.39 is 6.34 Å². The second-order valence-corrected chi connectivity index (χ2v) is 11.9. The molecule has 2 atom stereocenters. The minimum absolute atomic E-state index is 0.561. The Balaban J connectivity index is 2.79. The predicted octanol–water partition coefficient (Wildman–Crippen LogP) is 6.93. The molecule has 0 aromatic heterocycles. The van der Waals surface area contributed by atoms with E-state index in [1.165, 1.54) is 25.7 Å². The quantitative estimate of drug-likeness (QED) is 0.434. The molecule has 2 unspecified atom stereocenters. The molecule has 0 bridgehead atoms. The Hall–Kier alpha value is -0.200. The maximum Gasteiger partial charge on any atom is 0.144 e. The Morgan fingerprint density at radius 1 is 0.952 bits per heavy atom. The highest BCUT2D eigenvalue weighted by Gasteiger charge is 2.28. The van der Waals surface area contributed by atoms with E-state index in [0.717, 1.165) is 17.2 Å². The maximum atomic E-state index is 13.5. The Kier molecular flexibility index (Phi) is 8.74. The predicted molar refractivity (Wildman–Crippen MR) is 97.8 cm³/mol. The standard InChI is InChI=1S/C18H31OPS/c1-5-10-16(3)14-20(19,15-17(4)11-6-2)21-18-12-8-7-9-13-18/h7-9,12-13,16-17H,5-6,10-11,14-15H2,1-4H3. The van der Waals surface area contributed by atoms with Crippen LogP contribution in [0, 0.1) is 11.8 Å². The molecule has 0 aliphatic rings. The van der Waals surface area contributed by atoms with Crippen LogP contribution in [0.15, 0.2) is 35.2 Å². The van der Waals surface area contributed by atoms with E-state index >= 15 is 0 Å². The fraction of sp³-hybridized carbons (Fsp3) is 0.667. The lowest BCUT2D eigenvalue weighted by Crippen LogP contribution is -2.08. The van der Waals surface area contributed by atoms with Gasteiger partial charge in [-0.1, -0.05) is 83.0 Å². The lowest BCUT2D eigenvalue weighted by atomic mass is 10.1. The summed E-state index contributed by atoms with van der Waals surface area (Å²) in [6, 6.07) is 10.3. The normalized spacial score (nSPS) is 17.1. The molecule has 0 heterocycles. The highest BCUT2D eigenvalue weighted by atomic mass is 32.7. The summed E-state index contributed by atoms with van der Waals surface area (Å²) in [7, 11) is 0. The molecule has 1 rings (SSSR count). The van der Waals surface area contributed by atoms with Crippen LogP contribution in [0.4, 0.5) is 0 Å². The molecule has 1 nitrogen and oxygen atoms in total. The molecule has 0 amide bonds. The van der Waals surface area contributed by atoms with Crippen molar-refractivity contribution in [3.63, 3.8) is 0 Å². The first-order valence-corrected chi connectivity index (χ1v) is 11.8. The van der Waals surface area contributed by atoms with Crippen LogP contribution in [0.5, 0.6) is 0 Å². The van der Waals surface area contributed by atoms with Crippen LogP contribution in [0.25, 0.3) is 0 Å². The summed E-state index contributed by atoms with van der Waals surface area (Å²) in [6.45, 7) is 8.94. The summed E-state index contributed by atoms with van der Waals surface area (Å²) in [4.78, 5) is 1.16. The van der Waals surface area contributed by atoms with Gasteiger partial charge in [0, 0.05) is 17.2 Å². The molecule has 21 heavy (non-hydrogen) atoms. The molecule has 1 aromatic carbocycles. The van der Waals surface area contributed by atoms with Gasteiger partial charge in [-0.2, -0.15) is 0 Å². The van der Waals surface area contributed by atoms with Crippen LogP contribution >= 0.6 is 17.7 Å². The van der Waals surface area contributed by atoms with Gasteiger partial charge in [0.1, 0.15) is 6.34 Å². The van der Waals surface area contributed by atoms with Crippen molar-refractivity contribution in [3.8, 4) is 0 Å². The first kappa shape index (κ1) is 18.8. The molecular weight excluding hydrogens is 295 g/mol. The number of rotatable bonds is 10. The summed E-state index contributed by atoms with van der Waals surface area (Å²) in [6.07, 6.45) is 4.30. The second-order valence-electron chi connectivity index (χ2n) is 6.37. The number of hydrogen-bond acceptors (Lipinski definition) is 2. The largest absolute Gasteiger partial charge is 0.312 e. The molecule has 1 aromatic rings.